The highest BCUT2D eigenvalue weighted by Gasteiger charge is 2.35. The lowest BCUT2D eigenvalue weighted by molar-refractivity contribution is -0.122. The lowest BCUT2D eigenvalue weighted by Crippen LogP contribution is -2.54. The minimum atomic E-state index is -0.590. The van der Waals surface area contributed by atoms with E-state index >= 15 is 0 Å². The number of hydrogen-bond acceptors (Lipinski definition) is 3. The van der Waals surface area contributed by atoms with Gasteiger partial charge in [0.1, 0.15) is 5.57 Å². The van der Waals surface area contributed by atoms with Gasteiger partial charge in [-0.2, -0.15) is 0 Å². The maximum Gasteiger partial charge on any atom is 0.270 e. The molecule has 1 heterocycles. The van der Waals surface area contributed by atoms with Gasteiger partial charge in [0.25, 0.3) is 11.8 Å². The zero-order chi connectivity index (χ0) is 18.1. The first-order valence-electron chi connectivity index (χ1n) is 6.99. The lowest BCUT2D eigenvalue weighted by atomic mass is 10.1. The van der Waals surface area contributed by atoms with Gasteiger partial charge >= 0.3 is 0 Å². The van der Waals surface area contributed by atoms with E-state index in [-0.39, 0.29) is 20.7 Å². The minimum absolute atomic E-state index is 0.0626. The summed E-state index contributed by atoms with van der Waals surface area (Å²) in [4.78, 5) is 26.2. The van der Waals surface area contributed by atoms with Crippen LogP contribution < -0.4 is 10.2 Å². The quantitative estimate of drug-likeness (QED) is 0.450. The Balaban J connectivity index is 2.05. The maximum atomic E-state index is 12.9. The van der Waals surface area contributed by atoms with Crippen LogP contribution in [0.15, 0.2) is 48.0 Å². The van der Waals surface area contributed by atoms with Crippen molar-refractivity contribution in [2.45, 2.75) is 0 Å². The number of hydrogen-bond donors (Lipinski definition) is 1. The molecular formula is C17H9Cl3N2O2S. The van der Waals surface area contributed by atoms with Gasteiger partial charge < -0.3 is 0 Å². The first kappa shape index (κ1) is 17.9. The van der Waals surface area contributed by atoms with Crippen LogP contribution in [0.2, 0.25) is 15.1 Å². The highest BCUT2D eigenvalue weighted by atomic mass is 35.5. The third kappa shape index (κ3) is 3.55. The van der Waals surface area contributed by atoms with Crippen molar-refractivity contribution in [3.05, 3.63) is 68.7 Å². The van der Waals surface area contributed by atoms with Gasteiger partial charge in [-0.25, -0.2) is 0 Å². The highest BCUT2D eigenvalue weighted by Crippen LogP contribution is 2.34. The molecule has 4 nitrogen and oxygen atoms in total. The Labute approximate surface area is 164 Å². The number of thiocarbonyl (C=S) groups is 1. The minimum Gasteiger partial charge on any atom is -0.298 e. The van der Waals surface area contributed by atoms with Gasteiger partial charge in [-0.15, -0.1) is 0 Å². The molecule has 0 spiro atoms. The Hall–Kier alpha value is -1.92. The van der Waals surface area contributed by atoms with E-state index < -0.39 is 11.8 Å². The van der Waals surface area contributed by atoms with E-state index in [4.69, 9.17) is 47.0 Å². The number of amides is 2. The Morgan fingerprint density at radius 2 is 1.68 bits per heavy atom. The fourth-order valence-corrected chi connectivity index (χ4v) is 3.05. The smallest absolute Gasteiger partial charge is 0.270 e. The summed E-state index contributed by atoms with van der Waals surface area (Å²) < 4.78 is 0. The van der Waals surface area contributed by atoms with Crippen LogP contribution in [0.5, 0.6) is 0 Å². The van der Waals surface area contributed by atoms with Gasteiger partial charge in [-0.3, -0.25) is 19.8 Å². The summed E-state index contributed by atoms with van der Waals surface area (Å²) in [5, 5.41) is 3.42. The number of rotatable bonds is 2. The van der Waals surface area contributed by atoms with Crippen LogP contribution >= 0.6 is 47.0 Å². The molecule has 0 unspecified atom stereocenters. The lowest BCUT2D eigenvalue weighted by Gasteiger charge is -2.29. The van der Waals surface area contributed by atoms with E-state index in [1.54, 1.807) is 42.5 Å². The third-order valence-corrected chi connectivity index (χ3v) is 4.80. The van der Waals surface area contributed by atoms with Crippen LogP contribution in [0.1, 0.15) is 5.56 Å². The van der Waals surface area contributed by atoms with Gasteiger partial charge in [-0.05, 0) is 48.1 Å². The predicted molar refractivity (Wildman–Crippen MR) is 104 cm³/mol. The van der Waals surface area contributed by atoms with Crippen LogP contribution in [0.4, 0.5) is 5.69 Å². The first-order valence-corrected chi connectivity index (χ1v) is 8.54. The molecule has 1 saturated heterocycles. The maximum absolute atomic E-state index is 12.9. The van der Waals surface area contributed by atoms with Crippen molar-refractivity contribution >= 4 is 75.7 Å². The SMILES string of the molecule is O=C1NC(=S)N(c2cccc(Cl)c2Cl)C(=O)/C1=C/c1ccc(Cl)cc1. The predicted octanol–water partition coefficient (Wildman–Crippen LogP) is 4.48. The summed E-state index contributed by atoms with van der Waals surface area (Å²) in [7, 11) is 0. The van der Waals surface area contributed by atoms with E-state index in [1.165, 1.54) is 6.08 Å². The zero-order valence-electron chi connectivity index (χ0n) is 12.4. The van der Waals surface area contributed by atoms with E-state index in [0.29, 0.717) is 16.3 Å². The second-order valence-electron chi connectivity index (χ2n) is 5.08. The summed E-state index contributed by atoms with van der Waals surface area (Å²) in [6.07, 6.45) is 1.46. The molecule has 1 fully saturated rings. The molecule has 0 aromatic heterocycles. The molecule has 2 amide bonds. The van der Waals surface area contributed by atoms with Crippen LogP contribution in [-0.4, -0.2) is 16.9 Å². The number of nitrogens with one attached hydrogen (secondary N) is 1. The van der Waals surface area contributed by atoms with Gasteiger partial charge in [0.15, 0.2) is 5.11 Å². The average Bonchev–Trinajstić information content (AvgIpc) is 2.57. The summed E-state index contributed by atoms with van der Waals surface area (Å²) in [6.45, 7) is 0. The van der Waals surface area contributed by atoms with Crippen LogP contribution in [0, 0.1) is 0 Å². The summed E-state index contributed by atoms with van der Waals surface area (Å²) in [5.74, 6) is -1.17. The molecule has 3 rings (SSSR count). The summed E-state index contributed by atoms with van der Waals surface area (Å²) in [6, 6.07) is 11.5. The van der Waals surface area contributed by atoms with Crippen LogP contribution in [0.25, 0.3) is 6.08 Å². The number of benzene rings is 2. The van der Waals surface area contributed by atoms with Crippen molar-refractivity contribution in [1.82, 2.24) is 5.32 Å². The largest absolute Gasteiger partial charge is 0.298 e. The Morgan fingerprint density at radius 1 is 1.00 bits per heavy atom. The van der Waals surface area contributed by atoms with Crippen molar-refractivity contribution in [2.24, 2.45) is 0 Å². The molecule has 1 aliphatic rings. The average molecular weight is 412 g/mol. The van der Waals surface area contributed by atoms with Crippen molar-refractivity contribution in [1.29, 1.82) is 0 Å². The molecule has 0 radical (unpaired) electrons. The second kappa shape index (κ2) is 7.14. The monoisotopic (exact) mass is 410 g/mol. The molecule has 126 valence electrons. The first-order chi connectivity index (χ1) is 11.9. The number of carbonyl (C=O) groups excluding carboxylic acids is 2. The topological polar surface area (TPSA) is 49.4 Å². The second-order valence-corrected chi connectivity index (χ2v) is 6.69. The molecular weight excluding hydrogens is 403 g/mol. The fourth-order valence-electron chi connectivity index (χ4n) is 2.27. The van der Waals surface area contributed by atoms with Gasteiger partial charge in [0, 0.05) is 5.02 Å². The van der Waals surface area contributed by atoms with E-state index in [9.17, 15) is 9.59 Å². The molecule has 1 aliphatic heterocycles. The highest BCUT2D eigenvalue weighted by molar-refractivity contribution is 7.80. The van der Waals surface area contributed by atoms with Crippen LogP contribution in [-0.2, 0) is 9.59 Å². The number of nitrogens with zero attached hydrogens (tertiary/aromatic N) is 1. The summed E-state index contributed by atoms with van der Waals surface area (Å²) >= 11 is 23.2. The molecule has 8 heteroatoms. The summed E-state index contributed by atoms with van der Waals surface area (Å²) in [5.41, 5.74) is 0.867. The van der Waals surface area contributed by atoms with E-state index in [1.807, 2.05) is 0 Å². The molecule has 0 aliphatic carbocycles. The van der Waals surface area contributed by atoms with Gasteiger partial charge in [0.05, 0.1) is 15.7 Å². The normalized spacial score (nSPS) is 16.4. The van der Waals surface area contributed by atoms with Gasteiger partial charge in [0.2, 0.25) is 0 Å². The van der Waals surface area contributed by atoms with Crippen molar-refractivity contribution in [2.75, 3.05) is 4.90 Å². The Bertz CT molecular complexity index is 926. The standard InChI is InChI=1S/C17H9Cl3N2O2S/c18-10-6-4-9(5-7-10)8-11-15(23)21-17(25)22(16(11)24)13-3-1-2-12(19)14(13)20/h1-8H,(H,21,23,25)/b11-8+. The molecule has 0 bridgehead atoms. The van der Waals surface area contributed by atoms with E-state index in [2.05, 4.69) is 5.32 Å². The third-order valence-electron chi connectivity index (χ3n) is 3.45. The molecule has 0 atom stereocenters. The number of halogens is 3. The van der Waals surface area contributed by atoms with Crippen molar-refractivity contribution in [3.8, 4) is 0 Å². The number of anilines is 1. The fraction of sp³-hybridized carbons (Fsp3) is 0. The molecule has 1 N–H and O–H groups in total. The van der Waals surface area contributed by atoms with Crippen LogP contribution in [0.3, 0.4) is 0 Å². The van der Waals surface area contributed by atoms with E-state index in [0.717, 1.165) is 4.90 Å². The Morgan fingerprint density at radius 3 is 2.36 bits per heavy atom. The molecule has 0 saturated carbocycles. The number of carbonyl (C=O) groups is 2. The van der Waals surface area contributed by atoms with Crippen molar-refractivity contribution in [3.63, 3.8) is 0 Å². The molecule has 2 aromatic carbocycles. The van der Waals surface area contributed by atoms with Gasteiger partial charge in [-0.1, -0.05) is 53.0 Å². The molecule has 25 heavy (non-hydrogen) atoms. The zero-order valence-corrected chi connectivity index (χ0v) is 15.5. The Kier molecular flexibility index (Phi) is 5.11. The molecule has 2 aromatic rings. The van der Waals surface area contributed by atoms with Crippen molar-refractivity contribution < 1.29 is 9.59 Å².